The first-order valence-corrected chi connectivity index (χ1v) is 12.2. The van der Waals surface area contributed by atoms with Gasteiger partial charge in [0, 0.05) is 49.9 Å². The molecule has 1 aromatic heterocycles. The summed E-state index contributed by atoms with van der Waals surface area (Å²) in [5.74, 6) is 1.20. The van der Waals surface area contributed by atoms with Gasteiger partial charge in [-0.25, -0.2) is 0 Å². The highest BCUT2D eigenvalue weighted by Crippen LogP contribution is 2.39. The first-order valence-electron chi connectivity index (χ1n) is 11.4. The van der Waals surface area contributed by atoms with Gasteiger partial charge in [-0.05, 0) is 43.6 Å². The summed E-state index contributed by atoms with van der Waals surface area (Å²) in [6.07, 6.45) is 7.95. The zero-order valence-electron chi connectivity index (χ0n) is 17.9. The van der Waals surface area contributed by atoms with Crippen LogP contribution in [0.5, 0.6) is 0 Å². The molecule has 162 valence electrons. The Labute approximate surface area is 183 Å². The molecular formula is C23H32N4O2S. The van der Waals surface area contributed by atoms with E-state index in [0.717, 1.165) is 68.8 Å². The summed E-state index contributed by atoms with van der Waals surface area (Å²) < 4.78 is 0. The topological polar surface area (TPSA) is 76.4 Å². The van der Waals surface area contributed by atoms with Gasteiger partial charge in [0.25, 0.3) is 0 Å². The maximum absolute atomic E-state index is 12.6. The van der Waals surface area contributed by atoms with Crippen LogP contribution in [0, 0.1) is 23.2 Å². The Kier molecular flexibility index (Phi) is 6.74. The molecule has 2 amide bonds. The van der Waals surface area contributed by atoms with Gasteiger partial charge in [0.1, 0.15) is 11.1 Å². The number of carbonyl (C=O) groups excluding carboxylic acids is 2. The number of rotatable bonds is 5. The maximum Gasteiger partial charge on any atom is 0.226 e. The molecule has 2 aliphatic carbocycles. The fraction of sp³-hybridized carbons (Fsp3) is 0.696. The summed E-state index contributed by atoms with van der Waals surface area (Å²) in [6.45, 7) is 6.15. The van der Waals surface area contributed by atoms with Crippen LogP contribution in [0.3, 0.4) is 0 Å². The number of anilines is 1. The van der Waals surface area contributed by atoms with Gasteiger partial charge in [0.05, 0.1) is 5.56 Å². The van der Waals surface area contributed by atoms with E-state index in [1.165, 1.54) is 17.7 Å². The van der Waals surface area contributed by atoms with Crippen molar-refractivity contribution >= 4 is 28.2 Å². The highest BCUT2D eigenvalue weighted by atomic mass is 32.1. The Morgan fingerprint density at radius 3 is 2.60 bits per heavy atom. The van der Waals surface area contributed by atoms with Crippen LogP contribution in [-0.4, -0.2) is 54.3 Å². The highest BCUT2D eigenvalue weighted by Gasteiger charge is 2.29. The average molecular weight is 429 g/mol. The lowest BCUT2D eigenvalue weighted by Crippen LogP contribution is -2.50. The van der Waals surface area contributed by atoms with E-state index in [1.54, 1.807) is 11.3 Å². The van der Waals surface area contributed by atoms with E-state index < -0.39 is 0 Å². The Bertz CT molecular complexity index is 829. The van der Waals surface area contributed by atoms with Crippen LogP contribution >= 0.6 is 11.3 Å². The summed E-state index contributed by atoms with van der Waals surface area (Å²) in [6, 6.07) is 2.32. The zero-order valence-corrected chi connectivity index (χ0v) is 18.7. The molecule has 2 fully saturated rings. The fourth-order valence-corrected chi connectivity index (χ4v) is 6.41. The van der Waals surface area contributed by atoms with E-state index in [1.807, 2.05) is 4.90 Å². The largest absolute Gasteiger partial charge is 0.340 e. The van der Waals surface area contributed by atoms with Crippen molar-refractivity contribution in [1.29, 1.82) is 5.26 Å². The van der Waals surface area contributed by atoms with Crippen LogP contribution in [-0.2, 0) is 22.4 Å². The van der Waals surface area contributed by atoms with Crippen molar-refractivity contribution in [2.75, 3.05) is 38.0 Å². The van der Waals surface area contributed by atoms with Gasteiger partial charge in [-0.3, -0.25) is 14.5 Å². The van der Waals surface area contributed by atoms with E-state index in [0.29, 0.717) is 30.4 Å². The summed E-state index contributed by atoms with van der Waals surface area (Å²) in [4.78, 5) is 30.7. The predicted molar refractivity (Wildman–Crippen MR) is 118 cm³/mol. The normalized spacial score (nSPS) is 22.5. The Balaban J connectivity index is 1.24. The van der Waals surface area contributed by atoms with Crippen LogP contribution in [0.1, 0.15) is 61.5 Å². The molecule has 0 spiro atoms. The molecule has 7 heteroatoms. The van der Waals surface area contributed by atoms with Gasteiger partial charge in [0.15, 0.2) is 0 Å². The lowest BCUT2D eigenvalue weighted by atomic mass is 9.89. The number of nitrogens with one attached hydrogen (secondary N) is 1. The predicted octanol–water partition coefficient (Wildman–Crippen LogP) is 3.41. The minimum atomic E-state index is -0.0254. The molecule has 2 heterocycles. The third kappa shape index (κ3) is 4.70. The number of hydrogen-bond donors (Lipinski definition) is 1. The standard InChI is InChI=1S/C23H32N4O2S/c1-16-6-7-18-19(15-24)22(30-20(18)14-16)25-21(28)8-9-26-10-12-27(13-11-26)23(29)17-4-2-3-5-17/h16-17H,2-14H2,1H3,(H,25,28). The fourth-order valence-electron chi connectivity index (χ4n) is 5.03. The van der Waals surface area contributed by atoms with E-state index >= 15 is 0 Å². The minimum absolute atomic E-state index is 0.0254. The molecule has 0 bridgehead atoms. The van der Waals surface area contributed by atoms with Gasteiger partial charge in [-0.2, -0.15) is 5.26 Å². The molecule has 0 aromatic carbocycles. The molecule has 6 nitrogen and oxygen atoms in total. The second-order valence-electron chi connectivity index (χ2n) is 9.11. The van der Waals surface area contributed by atoms with Gasteiger partial charge in [-0.1, -0.05) is 19.8 Å². The summed E-state index contributed by atoms with van der Waals surface area (Å²) in [5.41, 5.74) is 1.83. The molecule has 1 aliphatic heterocycles. The number of piperazine rings is 1. The molecule has 4 rings (SSSR count). The van der Waals surface area contributed by atoms with Crippen molar-refractivity contribution in [2.45, 2.75) is 58.3 Å². The van der Waals surface area contributed by atoms with Crippen LogP contribution in [0.25, 0.3) is 0 Å². The smallest absolute Gasteiger partial charge is 0.226 e. The van der Waals surface area contributed by atoms with Gasteiger partial charge in [0.2, 0.25) is 11.8 Å². The van der Waals surface area contributed by atoms with Crippen LogP contribution in [0.2, 0.25) is 0 Å². The van der Waals surface area contributed by atoms with Crippen LogP contribution < -0.4 is 5.32 Å². The quantitative estimate of drug-likeness (QED) is 0.780. The van der Waals surface area contributed by atoms with Crippen molar-refractivity contribution in [1.82, 2.24) is 9.80 Å². The Morgan fingerprint density at radius 1 is 1.17 bits per heavy atom. The highest BCUT2D eigenvalue weighted by molar-refractivity contribution is 7.16. The number of fused-ring (bicyclic) bond motifs is 1. The van der Waals surface area contributed by atoms with E-state index in [2.05, 4.69) is 23.2 Å². The molecule has 1 atom stereocenters. The number of amides is 2. The molecule has 1 saturated heterocycles. The lowest BCUT2D eigenvalue weighted by molar-refractivity contribution is -0.137. The average Bonchev–Trinajstić information content (AvgIpc) is 3.39. The molecule has 1 aromatic rings. The number of carbonyl (C=O) groups is 2. The molecule has 0 radical (unpaired) electrons. The first kappa shape index (κ1) is 21.3. The van der Waals surface area contributed by atoms with Crippen molar-refractivity contribution in [3.05, 3.63) is 16.0 Å². The van der Waals surface area contributed by atoms with E-state index in [-0.39, 0.29) is 11.8 Å². The van der Waals surface area contributed by atoms with Crippen LogP contribution in [0.15, 0.2) is 0 Å². The molecular weight excluding hydrogens is 396 g/mol. The third-order valence-corrected chi connectivity index (χ3v) is 8.09. The summed E-state index contributed by atoms with van der Waals surface area (Å²) >= 11 is 1.58. The SMILES string of the molecule is CC1CCc2c(sc(NC(=O)CCN3CCN(C(=O)C4CCCC4)CC3)c2C#N)C1. The number of hydrogen-bond acceptors (Lipinski definition) is 5. The second kappa shape index (κ2) is 9.49. The van der Waals surface area contributed by atoms with Crippen LogP contribution in [0.4, 0.5) is 5.00 Å². The first-order chi connectivity index (χ1) is 14.5. The molecule has 30 heavy (non-hydrogen) atoms. The third-order valence-electron chi connectivity index (χ3n) is 6.92. The number of thiophene rings is 1. The van der Waals surface area contributed by atoms with Gasteiger partial charge < -0.3 is 10.2 Å². The monoisotopic (exact) mass is 428 g/mol. The number of nitrogens with zero attached hydrogens (tertiary/aromatic N) is 3. The second-order valence-corrected chi connectivity index (χ2v) is 10.2. The molecule has 1 saturated carbocycles. The van der Waals surface area contributed by atoms with Crippen molar-refractivity contribution in [3.8, 4) is 6.07 Å². The lowest BCUT2D eigenvalue weighted by Gasteiger charge is -2.35. The Hall–Kier alpha value is -1.91. The van der Waals surface area contributed by atoms with Gasteiger partial charge >= 0.3 is 0 Å². The maximum atomic E-state index is 12.6. The van der Waals surface area contributed by atoms with Crippen molar-refractivity contribution < 1.29 is 9.59 Å². The van der Waals surface area contributed by atoms with Crippen molar-refractivity contribution in [2.24, 2.45) is 11.8 Å². The summed E-state index contributed by atoms with van der Waals surface area (Å²) in [5, 5.41) is 13.3. The van der Waals surface area contributed by atoms with Crippen molar-refractivity contribution in [3.63, 3.8) is 0 Å². The Morgan fingerprint density at radius 2 is 1.90 bits per heavy atom. The number of nitriles is 1. The summed E-state index contributed by atoms with van der Waals surface area (Å²) in [7, 11) is 0. The molecule has 1 unspecified atom stereocenters. The van der Waals surface area contributed by atoms with Gasteiger partial charge in [-0.15, -0.1) is 11.3 Å². The minimum Gasteiger partial charge on any atom is -0.340 e. The van der Waals surface area contributed by atoms with E-state index in [4.69, 9.17) is 0 Å². The molecule has 1 N–H and O–H groups in total. The zero-order chi connectivity index (χ0) is 21.1. The van der Waals surface area contributed by atoms with E-state index in [9.17, 15) is 14.9 Å². The molecule has 3 aliphatic rings.